The third kappa shape index (κ3) is 3.05. The number of aliphatic hydroxyl groups excluding tert-OH is 1. The first-order valence-corrected chi connectivity index (χ1v) is 5.74. The molecule has 4 N–H and O–H groups in total. The zero-order valence-corrected chi connectivity index (χ0v) is 10.1. The van der Waals surface area contributed by atoms with Crippen LogP contribution in [0.3, 0.4) is 0 Å². The first-order valence-electron chi connectivity index (χ1n) is 5.74. The highest BCUT2D eigenvalue weighted by Gasteiger charge is 2.09. The van der Waals surface area contributed by atoms with Crippen LogP contribution in [0.5, 0.6) is 17.2 Å². The first-order chi connectivity index (χ1) is 9.08. The molecule has 0 bridgehead atoms. The lowest BCUT2D eigenvalue weighted by Gasteiger charge is -2.08. The molecule has 2 rings (SSSR count). The van der Waals surface area contributed by atoms with Gasteiger partial charge in [-0.15, -0.1) is 0 Å². The van der Waals surface area contributed by atoms with Crippen LogP contribution in [-0.2, 0) is 0 Å². The minimum Gasteiger partial charge on any atom is -0.508 e. The molecule has 98 valence electrons. The van der Waals surface area contributed by atoms with Gasteiger partial charge < -0.3 is 20.4 Å². The van der Waals surface area contributed by atoms with Gasteiger partial charge in [0.1, 0.15) is 23.4 Å². The summed E-state index contributed by atoms with van der Waals surface area (Å²) >= 11 is 0. The number of aliphatic hydroxyl groups is 1. The van der Waals surface area contributed by atoms with Crippen LogP contribution < -0.4 is 0 Å². The van der Waals surface area contributed by atoms with Gasteiger partial charge in [0.25, 0.3) is 0 Å². The van der Waals surface area contributed by atoms with Gasteiger partial charge in [-0.05, 0) is 18.2 Å². The molecule has 0 aliphatic carbocycles. The minimum atomic E-state index is -1.03. The van der Waals surface area contributed by atoms with E-state index in [9.17, 15) is 20.4 Å². The molecule has 1 unspecified atom stereocenters. The molecule has 0 fully saturated rings. The molecule has 0 aliphatic rings. The summed E-state index contributed by atoms with van der Waals surface area (Å²) in [6, 6.07) is 10.7. The first kappa shape index (κ1) is 13.0. The summed E-state index contributed by atoms with van der Waals surface area (Å²) in [7, 11) is 0. The summed E-state index contributed by atoms with van der Waals surface area (Å²) in [4.78, 5) is 0. The van der Waals surface area contributed by atoms with Crippen molar-refractivity contribution in [3.8, 4) is 17.2 Å². The SMILES string of the molecule is Oc1ccc(C(O)/C=C/c2ccccc2O)c(O)c1. The van der Waals surface area contributed by atoms with Crippen LogP contribution in [0.25, 0.3) is 6.08 Å². The second-order valence-corrected chi connectivity index (χ2v) is 4.11. The van der Waals surface area contributed by atoms with Crippen LogP contribution in [0.1, 0.15) is 17.2 Å². The molecule has 4 nitrogen and oxygen atoms in total. The third-order valence-corrected chi connectivity index (χ3v) is 2.73. The molecule has 4 heteroatoms. The number of hydrogen-bond donors (Lipinski definition) is 4. The fraction of sp³-hybridized carbons (Fsp3) is 0.0667. The van der Waals surface area contributed by atoms with E-state index in [-0.39, 0.29) is 22.8 Å². The second-order valence-electron chi connectivity index (χ2n) is 4.11. The van der Waals surface area contributed by atoms with E-state index in [1.807, 2.05) is 0 Å². The van der Waals surface area contributed by atoms with E-state index in [0.29, 0.717) is 5.56 Å². The fourth-order valence-electron chi connectivity index (χ4n) is 1.71. The van der Waals surface area contributed by atoms with Gasteiger partial charge in [-0.3, -0.25) is 0 Å². The van der Waals surface area contributed by atoms with Gasteiger partial charge in [-0.25, -0.2) is 0 Å². The monoisotopic (exact) mass is 258 g/mol. The van der Waals surface area contributed by atoms with Crippen molar-refractivity contribution < 1.29 is 20.4 Å². The van der Waals surface area contributed by atoms with E-state index in [0.717, 1.165) is 6.07 Å². The number of para-hydroxylation sites is 1. The number of aromatic hydroxyl groups is 3. The largest absolute Gasteiger partial charge is 0.508 e. The molecule has 1 atom stereocenters. The molecule has 0 heterocycles. The second kappa shape index (κ2) is 5.46. The van der Waals surface area contributed by atoms with E-state index in [4.69, 9.17) is 0 Å². The molecule has 0 radical (unpaired) electrons. The van der Waals surface area contributed by atoms with Crippen molar-refractivity contribution in [1.29, 1.82) is 0 Å². The maximum atomic E-state index is 9.93. The molecular weight excluding hydrogens is 244 g/mol. The van der Waals surface area contributed by atoms with Crippen molar-refractivity contribution in [2.24, 2.45) is 0 Å². The van der Waals surface area contributed by atoms with Gasteiger partial charge in [0.15, 0.2) is 0 Å². The highest BCUT2D eigenvalue weighted by molar-refractivity contribution is 5.57. The Balaban J connectivity index is 2.21. The average molecular weight is 258 g/mol. The Labute approximate surface area is 110 Å². The highest BCUT2D eigenvalue weighted by atomic mass is 16.3. The summed E-state index contributed by atoms with van der Waals surface area (Å²) < 4.78 is 0. The Morgan fingerprint density at radius 1 is 0.895 bits per heavy atom. The van der Waals surface area contributed by atoms with Crippen molar-refractivity contribution in [1.82, 2.24) is 0 Å². The Hall–Kier alpha value is -2.46. The molecule has 0 amide bonds. The van der Waals surface area contributed by atoms with E-state index in [1.54, 1.807) is 30.3 Å². The van der Waals surface area contributed by atoms with Gasteiger partial charge in [0.2, 0.25) is 0 Å². The Morgan fingerprint density at radius 2 is 1.63 bits per heavy atom. The van der Waals surface area contributed by atoms with Gasteiger partial charge in [-0.2, -0.15) is 0 Å². The van der Waals surface area contributed by atoms with E-state index in [1.165, 1.54) is 18.2 Å². The number of rotatable bonds is 3. The van der Waals surface area contributed by atoms with Gasteiger partial charge in [0, 0.05) is 17.2 Å². The Morgan fingerprint density at radius 3 is 2.32 bits per heavy atom. The summed E-state index contributed by atoms with van der Waals surface area (Å²) in [6.07, 6.45) is 1.98. The molecule has 2 aromatic rings. The van der Waals surface area contributed by atoms with Crippen molar-refractivity contribution in [3.05, 3.63) is 59.7 Å². The van der Waals surface area contributed by atoms with Gasteiger partial charge in [0.05, 0.1) is 0 Å². The van der Waals surface area contributed by atoms with Crippen molar-refractivity contribution >= 4 is 6.08 Å². The topological polar surface area (TPSA) is 80.9 Å². The van der Waals surface area contributed by atoms with Crippen molar-refractivity contribution in [2.75, 3.05) is 0 Å². The Kier molecular flexibility index (Phi) is 3.73. The summed E-state index contributed by atoms with van der Waals surface area (Å²) in [5, 5.41) is 38.3. The molecule has 0 saturated carbocycles. The van der Waals surface area contributed by atoms with Crippen LogP contribution in [0, 0.1) is 0 Å². The van der Waals surface area contributed by atoms with E-state index in [2.05, 4.69) is 0 Å². The van der Waals surface area contributed by atoms with E-state index >= 15 is 0 Å². The predicted octanol–water partition coefficient (Wildman–Crippen LogP) is 2.55. The minimum absolute atomic E-state index is 0.0712. The number of hydrogen-bond acceptors (Lipinski definition) is 4. The molecule has 0 saturated heterocycles. The summed E-state index contributed by atoms with van der Waals surface area (Å²) in [5.74, 6) is -0.145. The molecule has 0 spiro atoms. The third-order valence-electron chi connectivity index (χ3n) is 2.73. The molecule has 0 aliphatic heterocycles. The molecule has 0 aromatic heterocycles. The lowest BCUT2D eigenvalue weighted by atomic mass is 10.1. The number of phenols is 3. The van der Waals surface area contributed by atoms with Crippen LogP contribution in [0.15, 0.2) is 48.5 Å². The van der Waals surface area contributed by atoms with Crippen LogP contribution >= 0.6 is 0 Å². The van der Waals surface area contributed by atoms with Crippen LogP contribution in [-0.4, -0.2) is 20.4 Å². The Bertz CT molecular complexity index is 605. The number of benzene rings is 2. The van der Waals surface area contributed by atoms with Gasteiger partial charge in [-0.1, -0.05) is 30.4 Å². The maximum absolute atomic E-state index is 9.93. The highest BCUT2D eigenvalue weighted by Crippen LogP contribution is 2.29. The van der Waals surface area contributed by atoms with Crippen LogP contribution in [0.2, 0.25) is 0 Å². The zero-order valence-electron chi connectivity index (χ0n) is 10.1. The predicted molar refractivity (Wildman–Crippen MR) is 71.9 cm³/mol. The molecule has 2 aromatic carbocycles. The summed E-state index contributed by atoms with van der Waals surface area (Å²) in [5.41, 5.74) is 0.851. The average Bonchev–Trinajstić information content (AvgIpc) is 2.37. The fourth-order valence-corrected chi connectivity index (χ4v) is 1.71. The van der Waals surface area contributed by atoms with Crippen LogP contribution in [0.4, 0.5) is 0 Å². The lowest BCUT2D eigenvalue weighted by molar-refractivity contribution is 0.224. The quantitative estimate of drug-likeness (QED) is 0.682. The van der Waals surface area contributed by atoms with Crippen molar-refractivity contribution in [2.45, 2.75) is 6.10 Å². The maximum Gasteiger partial charge on any atom is 0.125 e. The standard InChI is InChI=1S/C15H14O4/c16-11-6-7-12(15(19)9-11)14(18)8-5-10-3-1-2-4-13(10)17/h1-9,14,16-19H/b8-5+. The number of phenolic OH excluding ortho intramolecular Hbond substituents is 3. The van der Waals surface area contributed by atoms with Crippen molar-refractivity contribution in [3.63, 3.8) is 0 Å². The smallest absolute Gasteiger partial charge is 0.125 e. The van der Waals surface area contributed by atoms with Gasteiger partial charge >= 0.3 is 0 Å². The zero-order chi connectivity index (χ0) is 13.8. The summed E-state index contributed by atoms with van der Waals surface area (Å²) in [6.45, 7) is 0. The lowest BCUT2D eigenvalue weighted by Crippen LogP contribution is -1.93. The normalized spacial score (nSPS) is 12.7. The molecule has 19 heavy (non-hydrogen) atoms. The molecular formula is C15H14O4. The van der Waals surface area contributed by atoms with E-state index < -0.39 is 6.10 Å².